The monoisotopic (exact) mass is 507 g/mol. The largest absolute Gasteiger partial charge is 0.353 e. The molecule has 5 nitrogen and oxygen atoms in total. The molecule has 0 bridgehead atoms. The molecule has 3 unspecified atom stereocenters. The molecule has 3 atom stereocenters. The molecule has 2 aliphatic rings. The maximum Gasteiger partial charge on any atom is 0.227 e. The zero-order valence-electron chi connectivity index (χ0n) is 22.9. The first-order valence-electron chi connectivity index (χ1n) is 13.7. The molecule has 2 aromatic rings. The van der Waals surface area contributed by atoms with E-state index in [0.717, 1.165) is 37.7 Å². The van der Waals surface area contributed by atoms with Crippen LogP contribution in [-0.2, 0) is 9.59 Å². The Morgan fingerprint density at radius 2 is 1.62 bits per heavy atom. The van der Waals surface area contributed by atoms with Crippen LogP contribution >= 0.6 is 0 Å². The molecule has 0 radical (unpaired) electrons. The highest BCUT2D eigenvalue weighted by molar-refractivity contribution is 5.84. The zero-order valence-corrected chi connectivity index (χ0v) is 22.9. The fourth-order valence-electron chi connectivity index (χ4n) is 6.43. The molecule has 200 valence electrons. The standard InChI is InChI=1S/C31H42FN3O2/c1-20(22-14-15-26(27(32)17-22)21-10-7-6-8-11-21)28(36)33-24-13-9-12-23(16-24)29(37)34-25-18-30(2,3)35-31(4,5)19-25/h6-8,10-11,14-15,17,20,23-25,35H,9,12-13,16,18-19H2,1-5H3,(H,33,36)(H,34,37). The summed E-state index contributed by atoms with van der Waals surface area (Å²) < 4.78 is 14.9. The third kappa shape index (κ3) is 6.98. The summed E-state index contributed by atoms with van der Waals surface area (Å²) in [6.07, 6.45) is 5.04. The summed E-state index contributed by atoms with van der Waals surface area (Å²) in [5, 5.41) is 10.1. The van der Waals surface area contributed by atoms with Crippen molar-refractivity contribution in [2.75, 3.05) is 0 Å². The number of amides is 2. The maximum atomic E-state index is 14.9. The second-order valence-electron chi connectivity index (χ2n) is 12.4. The zero-order chi connectivity index (χ0) is 26.8. The van der Waals surface area contributed by atoms with Gasteiger partial charge in [-0.3, -0.25) is 9.59 Å². The van der Waals surface area contributed by atoms with Gasteiger partial charge in [-0.05, 0) is 83.9 Å². The molecule has 2 fully saturated rings. The van der Waals surface area contributed by atoms with Crippen molar-refractivity contribution in [1.82, 2.24) is 16.0 Å². The molecule has 6 heteroatoms. The predicted octanol–water partition coefficient (Wildman–Crippen LogP) is 5.70. The van der Waals surface area contributed by atoms with Crippen molar-refractivity contribution in [1.29, 1.82) is 0 Å². The van der Waals surface area contributed by atoms with E-state index in [9.17, 15) is 14.0 Å². The number of hydrogen-bond acceptors (Lipinski definition) is 3. The summed E-state index contributed by atoms with van der Waals surface area (Å²) in [7, 11) is 0. The lowest BCUT2D eigenvalue weighted by molar-refractivity contribution is -0.129. The summed E-state index contributed by atoms with van der Waals surface area (Å²) in [5.41, 5.74) is 1.93. The van der Waals surface area contributed by atoms with E-state index in [1.807, 2.05) is 36.4 Å². The molecule has 0 aromatic heterocycles. The normalized spacial score (nSPS) is 24.2. The van der Waals surface area contributed by atoms with Gasteiger partial charge in [0.15, 0.2) is 0 Å². The van der Waals surface area contributed by atoms with E-state index >= 15 is 0 Å². The highest BCUT2D eigenvalue weighted by atomic mass is 19.1. The van der Waals surface area contributed by atoms with Crippen molar-refractivity contribution in [3.63, 3.8) is 0 Å². The van der Waals surface area contributed by atoms with E-state index in [2.05, 4.69) is 43.6 Å². The quantitative estimate of drug-likeness (QED) is 0.470. The van der Waals surface area contributed by atoms with Crippen LogP contribution in [0, 0.1) is 11.7 Å². The Kier molecular flexibility index (Phi) is 8.08. The van der Waals surface area contributed by atoms with Crippen LogP contribution in [0.4, 0.5) is 4.39 Å². The second kappa shape index (κ2) is 10.9. The first kappa shape index (κ1) is 27.3. The topological polar surface area (TPSA) is 70.2 Å². The second-order valence-corrected chi connectivity index (χ2v) is 12.4. The number of nitrogens with one attached hydrogen (secondary N) is 3. The summed E-state index contributed by atoms with van der Waals surface area (Å²) in [6, 6.07) is 14.5. The van der Waals surface area contributed by atoms with Gasteiger partial charge in [-0.25, -0.2) is 4.39 Å². The van der Waals surface area contributed by atoms with Gasteiger partial charge in [0, 0.05) is 34.6 Å². The molecule has 37 heavy (non-hydrogen) atoms. The predicted molar refractivity (Wildman–Crippen MR) is 147 cm³/mol. The smallest absolute Gasteiger partial charge is 0.227 e. The molecular weight excluding hydrogens is 465 g/mol. The van der Waals surface area contributed by atoms with Gasteiger partial charge in [0.1, 0.15) is 5.82 Å². The highest BCUT2D eigenvalue weighted by Gasteiger charge is 2.39. The SMILES string of the molecule is CC(C(=O)NC1CCCC(C(=O)NC2CC(C)(C)NC(C)(C)C2)C1)c1ccc(-c2ccccc2)c(F)c1. The van der Waals surface area contributed by atoms with E-state index in [0.29, 0.717) is 17.5 Å². The fraction of sp³-hybridized carbons (Fsp3) is 0.548. The molecule has 1 saturated carbocycles. The van der Waals surface area contributed by atoms with Crippen LogP contribution in [0.15, 0.2) is 48.5 Å². The Hall–Kier alpha value is -2.73. The van der Waals surface area contributed by atoms with Gasteiger partial charge < -0.3 is 16.0 Å². The van der Waals surface area contributed by atoms with Crippen LogP contribution in [0.25, 0.3) is 11.1 Å². The summed E-state index contributed by atoms with van der Waals surface area (Å²) in [6.45, 7) is 10.5. The highest BCUT2D eigenvalue weighted by Crippen LogP contribution is 2.31. The van der Waals surface area contributed by atoms with Gasteiger partial charge in [-0.2, -0.15) is 0 Å². The Morgan fingerprint density at radius 3 is 2.27 bits per heavy atom. The summed E-state index contributed by atoms with van der Waals surface area (Å²) in [5.74, 6) is -0.934. The summed E-state index contributed by atoms with van der Waals surface area (Å²) >= 11 is 0. The minimum Gasteiger partial charge on any atom is -0.353 e. The van der Waals surface area contributed by atoms with Crippen molar-refractivity contribution in [3.05, 3.63) is 59.9 Å². The van der Waals surface area contributed by atoms with E-state index in [4.69, 9.17) is 0 Å². The Labute approximate surface area is 221 Å². The number of benzene rings is 2. The lowest BCUT2D eigenvalue weighted by atomic mass is 9.79. The van der Waals surface area contributed by atoms with E-state index in [-0.39, 0.29) is 46.7 Å². The third-order valence-corrected chi connectivity index (χ3v) is 7.90. The number of rotatable bonds is 6. The van der Waals surface area contributed by atoms with E-state index in [1.165, 1.54) is 6.07 Å². The number of carbonyl (C=O) groups excluding carboxylic acids is 2. The number of hydrogen-bond donors (Lipinski definition) is 3. The van der Waals surface area contributed by atoms with Crippen LogP contribution < -0.4 is 16.0 Å². The number of halogens is 1. The molecule has 3 N–H and O–H groups in total. The molecule has 2 amide bonds. The fourth-order valence-corrected chi connectivity index (χ4v) is 6.43. The minimum absolute atomic E-state index is 0.0301. The van der Waals surface area contributed by atoms with Gasteiger partial charge >= 0.3 is 0 Å². The molecule has 4 rings (SSSR count). The first-order valence-corrected chi connectivity index (χ1v) is 13.7. The molecule has 0 spiro atoms. The van der Waals surface area contributed by atoms with Gasteiger partial charge in [0.2, 0.25) is 11.8 Å². The van der Waals surface area contributed by atoms with Crippen molar-refractivity contribution < 1.29 is 14.0 Å². The molecule has 2 aromatic carbocycles. The van der Waals surface area contributed by atoms with Crippen LogP contribution in [0.3, 0.4) is 0 Å². The van der Waals surface area contributed by atoms with Crippen molar-refractivity contribution >= 4 is 11.8 Å². The Bertz CT molecular complexity index is 1100. The molecule has 1 heterocycles. The molecule has 1 saturated heterocycles. The van der Waals surface area contributed by atoms with Crippen LogP contribution in [0.1, 0.15) is 84.6 Å². The van der Waals surface area contributed by atoms with E-state index < -0.39 is 5.92 Å². The average molecular weight is 508 g/mol. The Morgan fingerprint density at radius 1 is 0.946 bits per heavy atom. The van der Waals surface area contributed by atoms with Crippen molar-refractivity contribution in [2.24, 2.45) is 5.92 Å². The van der Waals surface area contributed by atoms with Crippen molar-refractivity contribution in [2.45, 2.75) is 102 Å². The Balaban J connectivity index is 1.34. The lowest BCUT2D eigenvalue weighted by Crippen LogP contribution is -2.62. The minimum atomic E-state index is -0.479. The third-order valence-electron chi connectivity index (χ3n) is 7.90. The lowest BCUT2D eigenvalue weighted by Gasteiger charge is -2.47. The van der Waals surface area contributed by atoms with Crippen LogP contribution in [0.2, 0.25) is 0 Å². The van der Waals surface area contributed by atoms with Gasteiger partial charge in [-0.1, -0.05) is 48.9 Å². The van der Waals surface area contributed by atoms with Crippen molar-refractivity contribution in [3.8, 4) is 11.1 Å². The van der Waals surface area contributed by atoms with E-state index in [1.54, 1.807) is 13.0 Å². The number of piperidine rings is 1. The molecule has 1 aliphatic heterocycles. The van der Waals surface area contributed by atoms with Gasteiger partial charge in [0.05, 0.1) is 5.92 Å². The molecule has 1 aliphatic carbocycles. The first-order chi connectivity index (χ1) is 17.4. The van der Waals surface area contributed by atoms with Gasteiger partial charge in [0.25, 0.3) is 0 Å². The van der Waals surface area contributed by atoms with Crippen LogP contribution in [-0.4, -0.2) is 35.0 Å². The summed E-state index contributed by atoms with van der Waals surface area (Å²) in [4.78, 5) is 26.2. The molecular formula is C31H42FN3O2. The van der Waals surface area contributed by atoms with Gasteiger partial charge in [-0.15, -0.1) is 0 Å². The maximum absolute atomic E-state index is 14.9. The van der Waals surface area contributed by atoms with Crippen LogP contribution in [0.5, 0.6) is 0 Å². The average Bonchev–Trinajstić information content (AvgIpc) is 2.82. The number of carbonyl (C=O) groups is 2.